The summed E-state index contributed by atoms with van der Waals surface area (Å²) in [6, 6.07) is 11.0. The number of H-pyrrole nitrogens is 2. The minimum absolute atomic E-state index is 0.196. The summed E-state index contributed by atoms with van der Waals surface area (Å²) < 4.78 is 11.8. The normalized spacial score (nSPS) is 21.0. The van der Waals surface area contributed by atoms with Crippen LogP contribution >= 0.6 is 0 Å². The predicted octanol–water partition coefficient (Wildman–Crippen LogP) is 7.99. The first-order valence-corrected chi connectivity index (χ1v) is 22.3. The number of carbonyl (C=O) groups is 4. The lowest BCUT2D eigenvalue weighted by Crippen LogP contribution is -2.55. The summed E-state index contributed by atoms with van der Waals surface area (Å²) in [4.78, 5) is 82.9. The Labute approximate surface area is 373 Å². The molecule has 4 fully saturated rings. The molecule has 3 aromatic heterocycles. The highest BCUT2D eigenvalue weighted by Crippen LogP contribution is 2.59. The molecule has 64 heavy (non-hydrogen) atoms. The monoisotopic (exact) mass is 872 g/mol. The van der Waals surface area contributed by atoms with Gasteiger partial charge in [-0.2, -0.15) is 0 Å². The fourth-order valence-electron chi connectivity index (χ4n) is 8.68. The molecule has 0 aliphatic heterocycles. The molecule has 0 radical (unpaired) electrons. The van der Waals surface area contributed by atoms with Crippen molar-refractivity contribution in [2.45, 2.75) is 116 Å². The number of imidazole rings is 2. The number of benzene rings is 2. The predicted molar refractivity (Wildman–Crippen MR) is 240 cm³/mol. The third kappa shape index (κ3) is 7.51. The second-order valence-electron chi connectivity index (χ2n) is 20.8. The fourth-order valence-corrected chi connectivity index (χ4v) is 8.68. The van der Waals surface area contributed by atoms with Crippen molar-refractivity contribution in [3.05, 3.63) is 60.4 Å². The van der Waals surface area contributed by atoms with Crippen LogP contribution in [0.4, 0.5) is 9.59 Å². The molecule has 0 spiro atoms. The summed E-state index contributed by atoms with van der Waals surface area (Å²) in [6.07, 6.45) is 9.27. The topological polar surface area (TPSA) is 200 Å². The Hall–Kier alpha value is -6.06. The lowest BCUT2D eigenvalue weighted by atomic mass is 9.85. The number of fused-ring (bicyclic) bond motifs is 2. The standard InChI is InChI=1S/C48H60N10O6/c1-43(15-16-43)35(55-39(59)47(5,45(3)19-20-45)63-41(61)57(7)8)37-51-29-13-11-27(23-31(29)53-37)33-25-50-34(26-49-33)28-12-14-30-32(24-28)54-38(52-30)36(44(2)17-18-44)56-40(60)48(6,46(4)21-22-46)64-42(62)58(9)10/h11-14,23-26,35-36H,15-22H2,1-10H3,(H,51,53)(H,52,54)(H,55,59)(H,56,60)/t35-,36-,47+,48?/m1/s1. The molecule has 1 unspecified atom stereocenters. The van der Waals surface area contributed by atoms with Crippen LogP contribution in [-0.4, -0.2) is 103 Å². The zero-order chi connectivity index (χ0) is 45.8. The molecule has 3 heterocycles. The van der Waals surface area contributed by atoms with Gasteiger partial charge in [-0.1, -0.05) is 39.8 Å². The van der Waals surface area contributed by atoms with Crippen molar-refractivity contribution in [3.8, 4) is 22.5 Å². The van der Waals surface area contributed by atoms with E-state index in [1.54, 1.807) is 54.4 Å². The van der Waals surface area contributed by atoms with Crippen molar-refractivity contribution >= 4 is 46.1 Å². The number of ether oxygens (including phenoxy) is 2. The maximum absolute atomic E-state index is 14.1. The van der Waals surface area contributed by atoms with Gasteiger partial charge < -0.3 is 39.9 Å². The molecule has 4 amide bonds. The second kappa shape index (κ2) is 14.7. The largest absolute Gasteiger partial charge is 0.432 e. The van der Waals surface area contributed by atoms with Crippen LogP contribution in [0, 0.1) is 21.7 Å². The number of carbonyl (C=O) groups excluding carboxylic acids is 4. The molecule has 0 saturated heterocycles. The Morgan fingerprint density at radius 1 is 0.609 bits per heavy atom. The van der Waals surface area contributed by atoms with E-state index in [9.17, 15) is 19.2 Å². The molecule has 338 valence electrons. The van der Waals surface area contributed by atoms with Crippen LogP contribution < -0.4 is 10.6 Å². The number of aromatic amines is 2. The lowest BCUT2D eigenvalue weighted by Gasteiger charge is -2.37. The summed E-state index contributed by atoms with van der Waals surface area (Å²) >= 11 is 0. The lowest BCUT2D eigenvalue weighted by molar-refractivity contribution is -0.148. The number of hydrogen-bond donors (Lipinski definition) is 4. The molecule has 4 aliphatic carbocycles. The Bertz CT molecular complexity index is 2510. The Morgan fingerprint density at radius 2 is 0.969 bits per heavy atom. The highest BCUT2D eigenvalue weighted by Gasteiger charge is 2.63. The van der Waals surface area contributed by atoms with Gasteiger partial charge in [0.05, 0.1) is 57.9 Å². The van der Waals surface area contributed by atoms with Crippen LogP contribution in [0.1, 0.15) is 117 Å². The number of rotatable bonds is 14. The Balaban J connectivity index is 0.928. The molecular formula is C48H60N10O6. The molecule has 4 atom stereocenters. The van der Waals surface area contributed by atoms with Crippen LogP contribution in [0.15, 0.2) is 48.8 Å². The van der Waals surface area contributed by atoms with Gasteiger partial charge in [-0.15, -0.1) is 0 Å². The van der Waals surface area contributed by atoms with E-state index in [1.807, 2.05) is 50.2 Å². The number of nitrogens with one attached hydrogen (secondary N) is 4. The SMILES string of the molecule is CN(C)C(=O)OC(C)(C(=O)N[C@H](c1nc2ccc(-c3cnc(-c4ccc5nc([C@@H](NC(=O)[C@](C)(OC(=O)N(C)C)C6(C)CC6)C6(C)CC6)[nH]c5c4)cn3)cc2[nH]1)C1(C)CC1)C1(C)CC1. The van der Waals surface area contributed by atoms with Gasteiger partial charge in [0, 0.05) is 50.1 Å². The molecule has 4 saturated carbocycles. The van der Waals surface area contributed by atoms with E-state index in [4.69, 9.17) is 29.4 Å². The summed E-state index contributed by atoms with van der Waals surface area (Å²) in [5, 5.41) is 6.52. The van der Waals surface area contributed by atoms with Crippen molar-refractivity contribution in [2.75, 3.05) is 28.2 Å². The average Bonchev–Trinajstić information content (AvgIpc) is 4.21. The minimum atomic E-state index is -1.34. The Kier molecular flexibility index (Phi) is 9.95. The van der Waals surface area contributed by atoms with E-state index >= 15 is 0 Å². The second-order valence-corrected chi connectivity index (χ2v) is 20.8. The van der Waals surface area contributed by atoms with E-state index < -0.39 is 46.3 Å². The molecule has 4 N–H and O–H groups in total. The summed E-state index contributed by atoms with van der Waals surface area (Å²) in [5.41, 5.74) is 2.21. The molecule has 5 aromatic rings. The van der Waals surface area contributed by atoms with E-state index in [0.717, 1.165) is 84.6 Å². The van der Waals surface area contributed by atoms with Crippen molar-refractivity contribution in [1.82, 2.24) is 50.3 Å². The van der Waals surface area contributed by atoms with Crippen molar-refractivity contribution in [2.24, 2.45) is 21.7 Å². The third-order valence-electron chi connectivity index (χ3n) is 15.3. The van der Waals surface area contributed by atoms with Crippen molar-refractivity contribution in [3.63, 3.8) is 0 Å². The Morgan fingerprint density at radius 3 is 1.27 bits per heavy atom. The van der Waals surface area contributed by atoms with E-state index in [0.29, 0.717) is 23.0 Å². The summed E-state index contributed by atoms with van der Waals surface area (Å²) in [7, 11) is 6.45. The zero-order valence-electron chi connectivity index (χ0n) is 38.6. The molecule has 9 rings (SSSR count). The molecule has 0 bridgehead atoms. The highest BCUT2D eigenvalue weighted by atomic mass is 16.6. The maximum Gasteiger partial charge on any atom is 0.410 e. The van der Waals surface area contributed by atoms with Gasteiger partial charge in [-0.25, -0.2) is 19.6 Å². The molecule has 16 heteroatoms. The first-order chi connectivity index (χ1) is 30.1. The molecule has 2 aromatic carbocycles. The summed E-state index contributed by atoms with van der Waals surface area (Å²) in [5.74, 6) is 0.658. The average molecular weight is 873 g/mol. The third-order valence-corrected chi connectivity index (χ3v) is 15.3. The van der Waals surface area contributed by atoms with Gasteiger partial charge in [-0.3, -0.25) is 19.6 Å². The molecule has 4 aliphatic rings. The van der Waals surface area contributed by atoms with E-state index in [2.05, 4.69) is 34.4 Å². The van der Waals surface area contributed by atoms with E-state index in [1.165, 1.54) is 9.80 Å². The van der Waals surface area contributed by atoms with Gasteiger partial charge >= 0.3 is 12.2 Å². The van der Waals surface area contributed by atoms with Crippen molar-refractivity contribution < 1.29 is 28.7 Å². The number of aromatic nitrogens is 6. The van der Waals surface area contributed by atoms with Crippen LogP contribution in [0.25, 0.3) is 44.6 Å². The van der Waals surface area contributed by atoms with Crippen LogP contribution in [0.3, 0.4) is 0 Å². The van der Waals surface area contributed by atoms with Gasteiger partial charge in [0.1, 0.15) is 11.6 Å². The van der Waals surface area contributed by atoms with Gasteiger partial charge in [0.2, 0.25) is 0 Å². The molecular weight excluding hydrogens is 813 g/mol. The van der Waals surface area contributed by atoms with Crippen molar-refractivity contribution in [1.29, 1.82) is 0 Å². The molecule has 16 nitrogen and oxygen atoms in total. The van der Waals surface area contributed by atoms with Gasteiger partial charge in [0.25, 0.3) is 11.8 Å². The summed E-state index contributed by atoms with van der Waals surface area (Å²) in [6.45, 7) is 11.7. The first-order valence-electron chi connectivity index (χ1n) is 22.3. The van der Waals surface area contributed by atoms with Gasteiger partial charge in [0.15, 0.2) is 11.2 Å². The smallest absolute Gasteiger partial charge is 0.410 e. The highest BCUT2D eigenvalue weighted by molar-refractivity contribution is 5.90. The van der Waals surface area contributed by atoms with Crippen LogP contribution in [0.2, 0.25) is 0 Å². The number of amides is 4. The fraction of sp³-hybridized carbons (Fsp3) is 0.542. The zero-order valence-corrected chi connectivity index (χ0v) is 38.6. The maximum atomic E-state index is 14.1. The first kappa shape index (κ1) is 43.2. The number of nitrogens with zero attached hydrogens (tertiary/aromatic N) is 6. The van der Waals surface area contributed by atoms with Gasteiger partial charge in [-0.05, 0) is 100 Å². The van der Waals surface area contributed by atoms with Crippen LogP contribution in [0.5, 0.6) is 0 Å². The van der Waals surface area contributed by atoms with E-state index in [-0.39, 0.29) is 22.6 Å². The van der Waals surface area contributed by atoms with Crippen LogP contribution in [-0.2, 0) is 19.1 Å². The number of hydrogen-bond acceptors (Lipinski definition) is 10. The minimum Gasteiger partial charge on any atom is -0.432 e. The quantitative estimate of drug-likeness (QED) is 0.0848.